The number of carbonyl (C=O) groups is 4. The fourth-order valence-electron chi connectivity index (χ4n) is 8.73. The lowest BCUT2D eigenvalue weighted by molar-refractivity contribution is -0.189. The largest absolute Gasteiger partial charge is 0.508 e. The molecule has 0 radical (unpaired) electrons. The maximum absolute atomic E-state index is 14.8. The summed E-state index contributed by atoms with van der Waals surface area (Å²) in [6.45, 7) is 5.41. The van der Waals surface area contributed by atoms with Gasteiger partial charge in [0.1, 0.15) is 18.0 Å². The van der Waals surface area contributed by atoms with Gasteiger partial charge in [0.15, 0.2) is 0 Å². The van der Waals surface area contributed by atoms with Crippen LogP contribution >= 0.6 is 0 Å². The maximum atomic E-state index is 14.8. The number of hydrazine groups is 1. The smallest absolute Gasteiger partial charge is 0.334 e. The lowest BCUT2D eigenvalue weighted by Crippen LogP contribution is -2.76. The van der Waals surface area contributed by atoms with E-state index in [0.29, 0.717) is 11.3 Å². The summed E-state index contributed by atoms with van der Waals surface area (Å²) in [6.07, 6.45) is 3.10. The van der Waals surface area contributed by atoms with Gasteiger partial charge in [0, 0.05) is 68.0 Å². The molecular formula is C50H52N8O5. The number of carbonyl (C=O) groups excluding carboxylic acids is 4. The van der Waals surface area contributed by atoms with Crippen LogP contribution < -0.4 is 10.6 Å². The second-order valence-corrected chi connectivity index (χ2v) is 16.4. The zero-order valence-electron chi connectivity index (χ0n) is 35.8. The quantitative estimate of drug-likeness (QED) is 0.112. The van der Waals surface area contributed by atoms with Crippen molar-refractivity contribution >= 4 is 40.3 Å². The fourth-order valence-corrected chi connectivity index (χ4v) is 8.73. The van der Waals surface area contributed by atoms with Crippen LogP contribution in [0.15, 0.2) is 140 Å². The fraction of sp³-hybridized carbons (Fsp3) is 0.240. The van der Waals surface area contributed by atoms with Crippen molar-refractivity contribution in [3.05, 3.63) is 168 Å². The summed E-state index contributed by atoms with van der Waals surface area (Å²) in [4.78, 5) is 61.7. The van der Waals surface area contributed by atoms with Crippen LogP contribution in [-0.2, 0) is 42.7 Å². The lowest BCUT2D eigenvalue weighted by Gasteiger charge is -2.55. The molecule has 5 aromatic carbocycles. The number of rotatable bonds is 13. The van der Waals surface area contributed by atoms with Crippen molar-refractivity contribution in [3.8, 4) is 16.9 Å². The van der Waals surface area contributed by atoms with Gasteiger partial charge in [-0.05, 0) is 78.3 Å². The highest BCUT2D eigenvalue weighted by atomic mass is 16.3. The second-order valence-electron chi connectivity index (χ2n) is 16.4. The molecule has 2 saturated heterocycles. The van der Waals surface area contributed by atoms with E-state index < -0.39 is 18.2 Å². The Morgan fingerprint density at radius 1 is 0.857 bits per heavy atom. The zero-order chi connectivity index (χ0) is 44.2. The van der Waals surface area contributed by atoms with Crippen LogP contribution in [0.25, 0.3) is 22.0 Å². The molecule has 63 heavy (non-hydrogen) atoms. The number of phenolic OH excluding ortho intramolecular Hbond substituents is 1. The first-order valence-electron chi connectivity index (χ1n) is 21.0. The molecule has 3 heterocycles. The van der Waals surface area contributed by atoms with Gasteiger partial charge in [-0.2, -0.15) is 0 Å². The molecule has 13 heteroatoms. The topological polar surface area (TPSA) is 134 Å². The van der Waals surface area contributed by atoms with Crippen LogP contribution in [0.4, 0.5) is 10.5 Å². The van der Waals surface area contributed by atoms with Gasteiger partial charge in [0.25, 0.3) is 5.91 Å². The van der Waals surface area contributed by atoms with Gasteiger partial charge in [-0.25, -0.2) is 14.8 Å². The number of aromatic nitrogens is 1. The summed E-state index contributed by atoms with van der Waals surface area (Å²) >= 11 is 0. The van der Waals surface area contributed by atoms with E-state index >= 15 is 0 Å². The van der Waals surface area contributed by atoms with E-state index in [9.17, 15) is 24.3 Å². The third-order valence-electron chi connectivity index (χ3n) is 11.6. The molecule has 0 spiro atoms. The molecule has 0 unspecified atom stereocenters. The monoisotopic (exact) mass is 844 g/mol. The van der Waals surface area contributed by atoms with E-state index in [4.69, 9.17) is 0 Å². The Morgan fingerprint density at radius 2 is 1.57 bits per heavy atom. The molecule has 5 amide bonds. The first-order chi connectivity index (χ1) is 30.5. The molecule has 0 bridgehead atoms. The highest BCUT2D eigenvalue weighted by Gasteiger charge is 2.51. The van der Waals surface area contributed by atoms with E-state index in [-0.39, 0.29) is 62.6 Å². The summed E-state index contributed by atoms with van der Waals surface area (Å²) in [7, 11) is 6.00. The third kappa shape index (κ3) is 9.20. The predicted octanol–water partition coefficient (Wildman–Crippen LogP) is 6.60. The number of nitrogens with zero attached hydrogens (tertiary/aromatic N) is 6. The van der Waals surface area contributed by atoms with Crippen molar-refractivity contribution in [2.75, 3.05) is 39.0 Å². The third-order valence-corrected chi connectivity index (χ3v) is 11.6. The first kappa shape index (κ1) is 42.5. The number of aromatic hydroxyl groups is 1. The minimum Gasteiger partial charge on any atom is -0.508 e. The average molecular weight is 845 g/mol. The van der Waals surface area contributed by atoms with Gasteiger partial charge in [-0.3, -0.25) is 14.4 Å². The van der Waals surface area contributed by atoms with Gasteiger partial charge >= 0.3 is 6.03 Å². The number of piperazine rings is 1. The Labute approximate surface area is 367 Å². The molecule has 0 aliphatic carbocycles. The van der Waals surface area contributed by atoms with E-state index in [0.717, 1.165) is 50.8 Å². The highest BCUT2D eigenvalue weighted by molar-refractivity contribution is 6.04. The van der Waals surface area contributed by atoms with Crippen LogP contribution in [-0.4, -0.2) is 104 Å². The molecule has 1 aromatic heterocycles. The lowest BCUT2D eigenvalue weighted by atomic mass is 9.97. The van der Waals surface area contributed by atoms with Crippen LogP contribution in [0.1, 0.15) is 32.6 Å². The number of fused-ring (bicyclic) bond motifs is 2. The number of urea groups is 1. The molecular weight excluding hydrogens is 793 g/mol. The number of nitrogens with one attached hydrogen (secondary N) is 2. The summed E-state index contributed by atoms with van der Waals surface area (Å²) in [6, 6.07) is 36.3. The molecule has 322 valence electrons. The Balaban J connectivity index is 1.08. The Kier molecular flexibility index (Phi) is 12.4. The zero-order valence-corrected chi connectivity index (χ0v) is 35.8. The molecule has 3 N–H and O–H groups in total. The number of anilines is 1. The summed E-state index contributed by atoms with van der Waals surface area (Å²) < 4.78 is 2.06. The van der Waals surface area contributed by atoms with Gasteiger partial charge in [0.2, 0.25) is 11.8 Å². The Hall–Kier alpha value is -7.22. The Bertz CT molecular complexity index is 2630. The van der Waals surface area contributed by atoms with Gasteiger partial charge < -0.3 is 35.0 Å². The molecule has 2 aliphatic heterocycles. The molecule has 2 atom stereocenters. The van der Waals surface area contributed by atoms with Crippen LogP contribution in [0.2, 0.25) is 0 Å². The van der Waals surface area contributed by atoms with Crippen LogP contribution in [0, 0.1) is 0 Å². The number of amides is 5. The van der Waals surface area contributed by atoms with Crippen molar-refractivity contribution in [1.29, 1.82) is 0 Å². The van der Waals surface area contributed by atoms with E-state index in [1.165, 1.54) is 0 Å². The average Bonchev–Trinajstić information content (AvgIpc) is 3.62. The minimum absolute atomic E-state index is 0.0735. The molecule has 0 saturated carbocycles. The Morgan fingerprint density at radius 3 is 2.27 bits per heavy atom. The van der Waals surface area contributed by atoms with E-state index in [1.807, 2.05) is 112 Å². The second kappa shape index (κ2) is 18.4. The van der Waals surface area contributed by atoms with Crippen molar-refractivity contribution in [3.63, 3.8) is 0 Å². The van der Waals surface area contributed by atoms with Crippen molar-refractivity contribution in [1.82, 2.24) is 34.6 Å². The number of phenols is 1. The van der Waals surface area contributed by atoms with Crippen LogP contribution in [0.5, 0.6) is 5.75 Å². The molecule has 2 fully saturated rings. The SMILES string of the molecule is C=CCN1CC(=O)N2[C@@H](Cc3ccc(O)cc3)C(=O)N(Cc3cccc4c(-c5ccc(NC(=O)c6ccc(CN(C)C)cc6)cc5)cn(C)c34)C[C@@H]2N1C(=O)NCc1ccccc1. The summed E-state index contributed by atoms with van der Waals surface area (Å²) in [5.41, 5.74) is 7.87. The van der Waals surface area contributed by atoms with Crippen LogP contribution in [0.3, 0.4) is 0 Å². The summed E-state index contributed by atoms with van der Waals surface area (Å²) in [5.74, 6) is -0.585. The van der Waals surface area contributed by atoms with Gasteiger partial charge in [0.05, 0.1) is 18.6 Å². The molecule has 8 rings (SSSR count). The van der Waals surface area contributed by atoms with Crippen molar-refractivity contribution in [2.45, 2.75) is 38.3 Å². The van der Waals surface area contributed by atoms with Crippen molar-refractivity contribution < 1.29 is 24.3 Å². The normalized spacial score (nSPS) is 16.7. The van der Waals surface area contributed by atoms with Gasteiger partial charge in [-0.15, -0.1) is 6.58 Å². The van der Waals surface area contributed by atoms with E-state index in [1.54, 1.807) is 50.2 Å². The number of para-hydroxylation sites is 1. The highest BCUT2D eigenvalue weighted by Crippen LogP contribution is 2.35. The minimum atomic E-state index is -0.916. The first-order valence-corrected chi connectivity index (χ1v) is 21.0. The molecule has 2 aliphatic rings. The number of hydrogen-bond acceptors (Lipinski definition) is 7. The van der Waals surface area contributed by atoms with E-state index in [2.05, 4.69) is 38.9 Å². The maximum Gasteiger partial charge on any atom is 0.334 e. The summed E-state index contributed by atoms with van der Waals surface area (Å²) in [5, 5.41) is 20.3. The predicted molar refractivity (Wildman–Crippen MR) is 244 cm³/mol. The number of benzene rings is 5. The number of hydrogen-bond donors (Lipinski definition) is 3. The number of aryl methyl sites for hydroxylation is 1. The van der Waals surface area contributed by atoms with Crippen molar-refractivity contribution in [2.24, 2.45) is 7.05 Å². The van der Waals surface area contributed by atoms with Gasteiger partial charge in [-0.1, -0.05) is 91.0 Å². The molecule has 13 nitrogen and oxygen atoms in total. The molecule has 6 aromatic rings. The standard InChI is InChI=1S/C50H52N8O5/c1-5-26-56-33-46(60)57-44(27-34-16-24-41(59)25-17-34)49(62)55(32-45(57)58(56)50(63)51-28-35-10-7-6-8-11-35)30-39-12-9-13-42-43(31-54(4)47(39)42)37-20-22-40(23-21-37)52-48(61)38-18-14-36(15-19-38)29-53(2)3/h5-25,31,44-45,59H,1,26-30,32-33H2,2-4H3,(H,51,63)(H,52,61)/t44-,45-/m0/s1.